The number of nitrogens with one attached hydrogen (secondary N) is 1. The van der Waals surface area contributed by atoms with Crippen LogP contribution in [-0.2, 0) is 19.6 Å². The molecule has 0 aliphatic carbocycles. The Balaban J connectivity index is 2.11. The van der Waals surface area contributed by atoms with E-state index in [1.165, 1.54) is 57.4 Å². The third kappa shape index (κ3) is 5.56. The molecule has 7 nitrogen and oxygen atoms in total. The van der Waals surface area contributed by atoms with E-state index in [0.29, 0.717) is 5.56 Å². The molecule has 1 amide bonds. The van der Waals surface area contributed by atoms with Crippen molar-refractivity contribution in [3.8, 4) is 0 Å². The van der Waals surface area contributed by atoms with Crippen molar-refractivity contribution in [2.24, 2.45) is 0 Å². The summed E-state index contributed by atoms with van der Waals surface area (Å²) in [6, 6.07) is 8.82. The molecule has 0 spiro atoms. The second-order valence-electron chi connectivity index (χ2n) is 6.76. The third-order valence-corrected chi connectivity index (χ3v) is 6.46. The van der Waals surface area contributed by atoms with Gasteiger partial charge >= 0.3 is 5.97 Å². The van der Waals surface area contributed by atoms with E-state index < -0.39 is 39.9 Å². The number of esters is 1. The number of halogens is 2. The number of amides is 1. The van der Waals surface area contributed by atoms with Gasteiger partial charge in [0.05, 0.1) is 21.5 Å². The van der Waals surface area contributed by atoms with Crippen LogP contribution >= 0.6 is 11.6 Å². The topological polar surface area (TPSA) is 92.8 Å². The zero-order valence-electron chi connectivity index (χ0n) is 16.8. The van der Waals surface area contributed by atoms with Crippen LogP contribution in [0.25, 0.3) is 0 Å². The Morgan fingerprint density at radius 3 is 2.27 bits per heavy atom. The van der Waals surface area contributed by atoms with Gasteiger partial charge in [-0.2, -0.15) is 0 Å². The number of carbonyl (C=O) groups is 2. The number of hydrogen-bond acceptors (Lipinski definition) is 5. The van der Waals surface area contributed by atoms with Gasteiger partial charge in [0.25, 0.3) is 5.91 Å². The quantitative estimate of drug-likeness (QED) is 0.646. The number of hydrogen-bond donors (Lipinski definition) is 1. The van der Waals surface area contributed by atoms with Gasteiger partial charge in [0.2, 0.25) is 10.0 Å². The highest BCUT2D eigenvalue weighted by Gasteiger charge is 2.25. The first-order valence-electron chi connectivity index (χ1n) is 8.92. The second-order valence-corrected chi connectivity index (χ2v) is 9.32. The Bertz CT molecular complexity index is 1040. The molecule has 2 atom stereocenters. The molecule has 0 saturated heterocycles. The maximum Gasteiger partial charge on any atom is 0.340 e. The molecule has 0 aromatic heterocycles. The molecule has 0 fully saturated rings. The van der Waals surface area contributed by atoms with Crippen molar-refractivity contribution in [3.63, 3.8) is 0 Å². The molecule has 1 N–H and O–H groups in total. The fourth-order valence-electron chi connectivity index (χ4n) is 2.48. The fraction of sp³-hybridized carbons (Fsp3) is 0.300. The van der Waals surface area contributed by atoms with Crippen LogP contribution < -0.4 is 5.32 Å². The van der Waals surface area contributed by atoms with E-state index >= 15 is 0 Å². The van der Waals surface area contributed by atoms with Crippen LogP contribution in [-0.4, -0.2) is 44.8 Å². The largest absolute Gasteiger partial charge is 0.449 e. The van der Waals surface area contributed by atoms with Gasteiger partial charge in [0.1, 0.15) is 5.82 Å². The minimum absolute atomic E-state index is 0.00926. The first kappa shape index (κ1) is 23.8. The maximum atomic E-state index is 13.0. The van der Waals surface area contributed by atoms with E-state index in [0.717, 1.165) is 10.4 Å². The fourth-order valence-corrected chi connectivity index (χ4v) is 3.60. The van der Waals surface area contributed by atoms with E-state index in [2.05, 4.69) is 5.32 Å². The van der Waals surface area contributed by atoms with Crippen LogP contribution in [0.4, 0.5) is 4.39 Å². The normalized spacial score (nSPS) is 13.6. The Kier molecular flexibility index (Phi) is 7.57. The van der Waals surface area contributed by atoms with Crippen molar-refractivity contribution < 1.29 is 27.1 Å². The van der Waals surface area contributed by atoms with Crippen LogP contribution in [0.5, 0.6) is 0 Å². The van der Waals surface area contributed by atoms with E-state index in [1.54, 1.807) is 6.92 Å². The molecule has 162 valence electrons. The molecule has 2 aromatic carbocycles. The van der Waals surface area contributed by atoms with Gasteiger partial charge in [0.15, 0.2) is 6.10 Å². The molecule has 30 heavy (non-hydrogen) atoms. The lowest BCUT2D eigenvalue weighted by atomic mass is 10.1. The van der Waals surface area contributed by atoms with Crippen molar-refractivity contribution in [3.05, 3.63) is 64.4 Å². The average molecular weight is 457 g/mol. The van der Waals surface area contributed by atoms with Crippen molar-refractivity contribution in [1.29, 1.82) is 0 Å². The summed E-state index contributed by atoms with van der Waals surface area (Å²) in [6.07, 6.45) is -1.18. The average Bonchev–Trinajstić information content (AvgIpc) is 2.68. The van der Waals surface area contributed by atoms with Gasteiger partial charge in [-0.05, 0) is 49.7 Å². The highest BCUT2D eigenvalue weighted by Crippen LogP contribution is 2.23. The minimum atomic E-state index is -3.78. The summed E-state index contributed by atoms with van der Waals surface area (Å²) < 4.78 is 43.7. The molecule has 10 heteroatoms. The minimum Gasteiger partial charge on any atom is -0.449 e. The van der Waals surface area contributed by atoms with Crippen molar-refractivity contribution in [2.45, 2.75) is 30.9 Å². The number of nitrogens with zero attached hydrogens (tertiary/aromatic N) is 1. The van der Waals surface area contributed by atoms with Gasteiger partial charge in [-0.25, -0.2) is 21.9 Å². The lowest BCUT2D eigenvalue weighted by Gasteiger charge is -2.19. The summed E-state index contributed by atoms with van der Waals surface area (Å²) in [5, 5.41) is 2.65. The predicted molar refractivity (Wildman–Crippen MR) is 110 cm³/mol. The van der Waals surface area contributed by atoms with Gasteiger partial charge in [-0.1, -0.05) is 23.7 Å². The molecule has 2 aromatic rings. The first-order chi connectivity index (χ1) is 13.9. The molecule has 2 rings (SSSR count). The molecule has 0 aliphatic heterocycles. The zero-order chi connectivity index (χ0) is 22.6. The van der Waals surface area contributed by atoms with Crippen LogP contribution in [0.1, 0.15) is 35.8 Å². The number of carbonyl (C=O) groups excluding carboxylic acids is 2. The summed E-state index contributed by atoms with van der Waals surface area (Å²) in [5.74, 6) is -1.91. The molecule has 0 aliphatic rings. The highest BCUT2D eigenvalue weighted by molar-refractivity contribution is 7.89. The Hall–Kier alpha value is -2.49. The SMILES string of the molecule is CC(OC(=O)c1cc(S(=O)(=O)N(C)C)ccc1Cl)C(=O)NC(C)c1ccc(F)cc1. The molecule has 0 bridgehead atoms. The van der Waals surface area contributed by atoms with Gasteiger partial charge < -0.3 is 10.1 Å². The Morgan fingerprint density at radius 2 is 1.70 bits per heavy atom. The monoisotopic (exact) mass is 456 g/mol. The zero-order valence-corrected chi connectivity index (χ0v) is 18.4. The highest BCUT2D eigenvalue weighted by atomic mass is 35.5. The van der Waals surface area contributed by atoms with Crippen LogP contribution in [0, 0.1) is 5.82 Å². The van der Waals surface area contributed by atoms with Crippen molar-refractivity contribution in [1.82, 2.24) is 9.62 Å². The van der Waals surface area contributed by atoms with Crippen molar-refractivity contribution in [2.75, 3.05) is 14.1 Å². The lowest BCUT2D eigenvalue weighted by molar-refractivity contribution is -0.129. The number of rotatable bonds is 7. The van der Waals surface area contributed by atoms with E-state index in [9.17, 15) is 22.4 Å². The standard InChI is InChI=1S/C20H22ClFN2O5S/c1-12(14-5-7-15(22)8-6-14)23-19(25)13(2)29-20(26)17-11-16(9-10-18(17)21)30(27,28)24(3)4/h5-13H,1-4H3,(H,23,25). The van der Waals surface area contributed by atoms with Crippen LogP contribution in [0.2, 0.25) is 5.02 Å². The summed E-state index contributed by atoms with van der Waals surface area (Å²) in [4.78, 5) is 24.7. The van der Waals surface area contributed by atoms with Crippen LogP contribution in [0.15, 0.2) is 47.4 Å². The van der Waals surface area contributed by atoms with E-state index in [4.69, 9.17) is 16.3 Å². The first-order valence-corrected chi connectivity index (χ1v) is 10.7. The Morgan fingerprint density at radius 1 is 1.10 bits per heavy atom. The molecule has 0 radical (unpaired) electrons. The summed E-state index contributed by atoms with van der Waals surface area (Å²) in [5.41, 5.74) is 0.499. The van der Waals surface area contributed by atoms with Gasteiger partial charge in [-0.3, -0.25) is 4.79 Å². The molecular weight excluding hydrogens is 435 g/mol. The Labute approximate surface area is 179 Å². The molecule has 0 heterocycles. The third-order valence-electron chi connectivity index (χ3n) is 4.32. The molecule has 0 saturated carbocycles. The smallest absolute Gasteiger partial charge is 0.340 e. The van der Waals surface area contributed by atoms with Gasteiger partial charge in [-0.15, -0.1) is 0 Å². The lowest BCUT2D eigenvalue weighted by Crippen LogP contribution is -2.37. The second kappa shape index (κ2) is 9.55. The number of benzene rings is 2. The number of ether oxygens (including phenoxy) is 1. The predicted octanol–water partition coefficient (Wildman–Crippen LogP) is 3.15. The van der Waals surface area contributed by atoms with E-state index in [1.807, 2.05) is 0 Å². The van der Waals surface area contributed by atoms with Crippen molar-refractivity contribution >= 4 is 33.5 Å². The summed E-state index contributed by atoms with van der Waals surface area (Å²) >= 11 is 6.02. The molecule has 2 unspecified atom stereocenters. The van der Waals surface area contributed by atoms with Gasteiger partial charge in [0, 0.05) is 14.1 Å². The molecular formula is C20H22ClFN2O5S. The summed E-state index contributed by atoms with van der Waals surface area (Å²) in [6.45, 7) is 3.07. The van der Waals surface area contributed by atoms with Crippen LogP contribution in [0.3, 0.4) is 0 Å². The number of sulfonamides is 1. The van der Waals surface area contributed by atoms with E-state index in [-0.39, 0.29) is 15.5 Å². The summed E-state index contributed by atoms with van der Waals surface area (Å²) in [7, 11) is -1.07. The maximum absolute atomic E-state index is 13.0.